The molecule has 0 aromatic heterocycles. The topological polar surface area (TPSA) is 52.6 Å². The van der Waals surface area contributed by atoms with Crippen LogP contribution in [0.1, 0.15) is 25.3 Å². The van der Waals surface area contributed by atoms with Gasteiger partial charge in [0.25, 0.3) is 5.79 Å². The summed E-state index contributed by atoms with van der Waals surface area (Å²) in [6, 6.07) is 8.96. The van der Waals surface area contributed by atoms with Gasteiger partial charge in [-0.15, -0.1) is 6.42 Å². The Morgan fingerprint density at radius 1 is 1.16 bits per heavy atom. The predicted octanol–water partition coefficient (Wildman–Crippen LogP) is 1.86. The molecule has 4 heteroatoms. The first-order chi connectivity index (χ1) is 8.94. The third-order valence-electron chi connectivity index (χ3n) is 2.87. The second-order valence-corrected chi connectivity index (χ2v) is 4.77. The van der Waals surface area contributed by atoms with Crippen molar-refractivity contribution >= 4 is 11.9 Å². The lowest BCUT2D eigenvalue weighted by atomic mass is 9.86. The molecule has 1 aliphatic heterocycles. The van der Waals surface area contributed by atoms with Crippen molar-refractivity contribution in [3.8, 4) is 12.3 Å². The van der Waals surface area contributed by atoms with Gasteiger partial charge < -0.3 is 9.47 Å². The van der Waals surface area contributed by atoms with Crippen molar-refractivity contribution in [1.29, 1.82) is 0 Å². The molecule has 98 valence electrons. The maximum atomic E-state index is 12.0. The van der Waals surface area contributed by atoms with Gasteiger partial charge in [-0.05, 0) is 5.56 Å². The number of rotatable bonds is 2. The monoisotopic (exact) mass is 258 g/mol. The van der Waals surface area contributed by atoms with Crippen molar-refractivity contribution < 1.29 is 19.1 Å². The highest BCUT2D eigenvalue weighted by atomic mass is 16.7. The number of carbonyl (C=O) groups excluding carboxylic acids is 2. The van der Waals surface area contributed by atoms with Crippen molar-refractivity contribution in [3.05, 3.63) is 35.9 Å². The van der Waals surface area contributed by atoms with E-state index in [-0.39, 0.29) is 0 Å². The van der Waals surface area contributed by atoms with Crippen LogP contribution in [0.2, 0.25) is 0 Å². The Bertz CT molecular complexity index is 519. The van der Waals surface area contributed by atoms with E-state index in [1.165, 1.54) is 13.8 Å². The average molecular weight is 258 g/mol. The lowest BCUT2D eigenvalue weighted by Crippen LogP contribution is -2.48. The molecule has 2 rings (SSSR count). The molecule has 0 amide bonds. The standard InChI is InChI=1S/C15H14O4/c1-4-11(10-8-6-5-7-9-10)12-13(16)18-15(2,3)19-14(12)17/h1,5-9,11-12H,2-3H3/t11-/m1/s1. The molecule has 0 spiro atoms. The lowest BCUT2D eigenvalue weighted by Gasteiger charge is -2.34. The fraction of sp³-hybridized carbons (Fsp3) is 0.333. The van der Waals surface area contributed by atoms with Gasteiger partial charge in [0.15, 0.2) is 5.92 Å². The number of esters is 2. The first-order valence-corrected chi connectivity index (χ1v) is 5.91. The van der Waals surface area contributed by atoms with Gasteiger partial charge in [0.2, 0.25) is 0 Å². The fourth-order valence-corrected chi connectivity index (χ4v) is 2.05. The van der Waals surface area contributed by atoms with Crippen LogP contribution in [-0.2, 0) is 19.1 Å². The Morgan fingerprint density at radius 2 is 1.68 bits per heavy atom. The number of terminal acetylenes is 1. The molecule has 19 heavy (non-hydrogen) atoms. The minimum atomic E-state index is -1.24. The Hall–Kier alpha value is -2.28. The summed E-state index contributed by atoms with van der Waals surface area (Å²) in [4.78, 5) is 24.0. The van der Waals surface area contributed by atoms with E-state index in [0.717, 1.165) is 0 Å². The van der Waals surface area contributed by atoms with Crippen LogP contribution in [0.15, 0.2) is 30.3 Å². The van der Waals surface area contributed by atoms with E-state index in [9.17, 15) is 9.59 Å². The van der Waals surface area contributed by atoms with E-state index >= 15 is 0 Å². The first-order valence-electron chi connectivity index (χ1n) is 5.91. The van der Waals surface area contributed by atoms with E-state index in [2.05, 4.69) is 5.92 Å². The maximum Gasteiger partial charge on any atom is 0.325 e. The van der Waals surface area contributed by atoms with E-state index < -0.39 is 29.6 Å². The molecule has 0 saturated carbocycles. The van der Waals surface area contributed by atoms with E-state index in [1.807, 2.05) is 6.07 Å². The molecular formula is C15H14O4. The summed E-state index contributed by atoms with van der Waals surface area (Å²) in [6.07, 6.45) is 5.46. The van der Waals surface area contributed by atoms with Crippen molar-refractivity contribution in [2.75, 3.05) is 0 Å². The molecule has 0 N–H and O–H groups in total. The third-order valence-corrected chi connectivity index (χ3v) is 2.87. The zero-order chi connectivity index (χ0) is 14.0. The summed E-state index contributed by atoms with van der Waals surface area (Å²) in [5.74, 6) is -1.85. The Kier molecular flexibility index (Phi) is 3.30. The van der Waals surface area contributed by atoms with Crippen LogP contribution in [-0.4, -0.2) is 17.7 Å². The van der Waals surface area contributed by atoms with Crippen LogP contribution in [0.3, 0.4) is 0 Å². The molecule has 1 aliphatic rings. The number of benzene rings is 1. The normalized spacial score (nSPS) is 20.1. The van der Waals surface area contributed by atoms with Gasteiger partial charge in [-0.1, -0.05) is 36.3 Å². The van der Waals surface area contributed by atoms with E-state index in [1.54, 1.807) is 24.3 Å². The van der Waals surface area contributed by atoms with Crippen LogP contribution in [0, 0.1) is 18.3 Å². The molecule has 1 heterocycles. The van der Waals surface area contributed by atoms with Crippen molar-refractivity contribution in [2.45, 2.75) is 25.6 Å². The Labute approximate surface area is 111 Å². The van der Waals surface area contributed by atoms with Crippen molar-refractivity contribution in [2.24, 2.45) is 5.92 Å². The molecule has 4 nitrogen and oxygen atoms in total. The van der Waals surface area contributed by atoms with Gasteiger partial charge in [-0.3, -0.25) is 9.59 Å². The van der Waals surface area contributed by atoms with Gasteiger partial charge in [-0.25, -0.2) is 0 Å². The molecule has 0 unspecified atom stereocenters. The van der Waals surface area contributed by atoms with Crippen molar-refractivity contribution in [3.63, 3.8) is 0 Å². The summed E-state index contributed by atoms with van der Waals surface area (Å²) >= 11 is 0. The Morgan fingerprint density at radius 3 is 2.16 bits per heavy atom. The smallest absolute Gasteiger partial charge is 0.325 e. The quantitative estimate of drug-likeness (QED) is 0.461. The van der Waals surface area contributed by atoms with Crippen LogP contribution in [0.5, 0.6) is 0 Å². The van der Waals surface area contributed by atoms with Crippen LogP contribution >= 0.6 is 0 Å². The molecule has 0 bridgehead atoms. The van der Waals surface area contributed by atoms with Crippen molar-refractivity contribution in [1.82, 2.24) is 0 Å². The highest BCUT2D eigenvalue weighted by molar-refractivity contribution is 5.98. The highest BCUT2D eigenvalue weighted by Gasteiger charge is 2.47. The molecular weight excluding hydrogens is 244 g/mol. The molecule has 1 atom stereocenters. The predicted molar refractivity (Wildman–Crippen MR) is 67.8 cm³/mol. The number of cyclic esters (lactones) is 2. The molecule has 0 aliphatic carbocycles. The summed E-state index contributed by atoms with van der Waals surface area (Å²) in [5, 5.41) is 0. The van der Waals surface area contributed by atoms with Gasteiger partial charge in [0.05, 0.1) is 5.92 Å². The third kappa shape index (κ3) is 2.60. The molecule has 1 saturated heterocycles. The van der Waals surface area contributed by atoms with Crippen LogP contribution in [0.4, 0.5) is 0 Å². The molecule has 1 aromatic rings. The van der Waals surface area contributed by atoms with Gasteiger partial charge in [-0.2, -0.15) is 0 Å². The average Bonchev–Trinajstić information content (AvgIpc) is 2.33. The summed E-state index contributed by atoms with van der Waals surface area (Å²) in [5.41, 5.74) is 0.712. The van der Waals surface area contributed by atoms with E-state index in [4.69, 9.17) is 15.9 Å². The molecule has 1 aromatic carbocycles. The zero-order valence-corrected chi connectivity index (χ0v) is 10.8. The number of carbonyl (C=O) groups is 2. The molecule has 0 radical (unpaired) electrons. The summed E-state index contributed by atoms with van der Waals surface area (Å²) < 4.78 is 10.2. The maximum absolute atomic E-state index is 12.0. The van der Waals surface area contributed by atoms with E-state index in [0.29, 0.717) is 5.56 Å². The van der Waals surface area contributed by atoms with Crippen LogP contribution < -0.4 is 0 Å². The summed E-state index contributed by atoms with van der Waals surface area (Å²) in [7, 11) is 0. The van der Waals surface area contributed by atoms with Crippen LogP contribution in [0.25, 0.3) is 0 Å². The van der Waals surface area contributed by atoms with Gasteiger partial charge >= 0.3 is 11.9 Å². The SMILES string of the molecule is C#C[C@H](c1ccccc1)C1C(=O)OC(C)(C)OC1=O. The fourth-order valence-electron chi connectivity index (χ4n) is 2.05. The minimum absolute atomic E-state index is 0.645. The first kappa shape index (κ1) is 13.2. The Balaban J connectivity index is 2.33. The molecule has 1 fully saturated rings. The number of hydrogen-bond acceptors (Lipinski definition) is 4. The van der Waals surface area contributed by atoms with Gasteiger partial charge in [0.1, 0.15) is 0 Å². The summed E-state index contributed by atoms with van der Waals surface area (Å²) in [6.45, 7) is 3.01. The zero-order valence-electron chi connectivity index (χ0n) is 10.8. The minimum Gasteiger partial charge on any atom is -0.422 e. The largest absolute Gasteiger partial charge is 0.422 e. The lowest BCUT2D eigenvalue weighted by molar-refractivity contribution is -0.240. The number of hydrogen-bond donors (Lipinski definition) is 0. The highest BCUT2D eigenvalue weighted by Crippen LogP contribution is 2.32. The number of ether oxygens (including phenoxy) is 2. The second-order valence-electron chi connectivity index (χ2n) is 4.77. The second kappa shape index (κ2) is 4.77. The van der Waals surface area contributed by atoms with Gasteiger partial charge in [0, 0.05) is 13.8 Å².